The molecular weight excluding hydrogens is 238 g/mol. The fraction of sp³-hybridized carbons (Fsp3) is 0.375. The second-order valence-corrected chi connectivity index (χ2v) is 5.15. The molecule has 2 amide bonds. The summed E-state index contributed by atoms with van der Waals surface area (Å²) >= 11 is 0. The van der Waals surface area contributed by atoms with Gasteiger partial charge in [-0.25, -0.2) is 0 Å². The van der Waals surface area contributed by atoms with Crippen LogP contribution in [-0.2, 0) is 0 Å². The van der Waals surface area contributed by atoms with Crippen LogP contribution in [-0.4, -0.2) is 22.8 Å². The Balaban J connectivity index is 1.97. The van der Waals surface area contributed by atoms with E-state index in [4.69, 9.17) is 6.42 Å². The van der Waals surface area contributed by atoms with Crippen molar-refractivity contribution in [2.45, 2.75) is 31.7 Å². The third-order valence-electron chi connectivity index (χ3n) is 4.10. The third kappa shape index (κ3) is 1.76. The van der Waals surface area contributed by atoms with E-state index in [2.05, 4.69) is 5.92 Å². The number of carbonyl (C=O) groups is 2. The van der Waals surface area contributed by atoms with Crippen molar-refractivity contribution in [3.63, 3.8) is 0 Å². The second kappa shape index (κ2) is 4.55. The number of terminal acetylenes is 1. The molecule has 3 nitrogen and oxygen atoms in total. The zero-order chi connectivity index (χ0) is 13.4. The smallest absolute Gasteiger partial charge is 0.261 e. The van der Waals surface area contributed by atoms with E-state index in [1.165, 1.54) is 4.90 Å². The summed E-state index contributed by atoms with van der Waals surface area (Å²) in [7, 11) is 0. The highest BCUT2D eigenvalue weighted by Crippen LogP contribution is 2.33. The van der Waals surface area contributed by atoms with Crippen molar-refractivity contribution in [1.82, 2.24) is 4.90 Å². The van der Waals surface area contributed by atoms with Crippen molar-refractivity contribution in [2.75, 3.05) is 0 Å². The Morgan fingerprint density at radius 3 is 2.21 bits per heavy atom. The number of hydrogen-bond donors (Lipinski definition) is 0. The Kier molecular flexibility index (Phi) is 2.87. The third-order valence-corrected chi connectivity index (χ3v) is 4.10. The van der Waals surface area contributed by atoms with E-state index in [1.54, 1.807) is 24.3 Å². The first-order valence-corrected chi connectivity index (χ1v) is 6.67. The number of carbonyl (C=O) groups excluding carboxylic acids is 2. The lowest BCUT2D eigenvalue weighted by atomic mass is 9.84. The van der Waals surface area contributed by atoms with Crippen LogP contribution in [0, 0.1) is 18.3 Å². The molecule has 19 heavy (non-hydrogen) atoms. The van der Waals surface area contributed by atoms with Crippen molar-refractivity contribution in [1.29, 1.82) is 0 Å². The molecule has 2 aliphatic rings. The lowest BCUT2D eigenvalue weighted by molar-refractivity contribution is 0.0511. The van der Waals surface area contributed by atoms with Crippen molar-refractivity contribution < 1.29 is 9.59 Å². The molecule has 0 unspecified atom stereocenters. The van der Waals surface area contributed by atoms with Crippen molar-refractivity contribution in [3.05, 3.63) is 35.4 Å². The summed E-state index contributed by atoms with van der Waals surface area (Å²) < 4.78 is 0. The molecule has 3 rings (SSSR count). The number of fused-ring (bicyclic) bond motifs is 1. The van der Waals surface area contributed by atoms with E-state index < -0.39 is 0 Å². The lowest BCUT2D eigenvalue weighted by Crippen LogP contribution is -2.45. The van der Waals surface area contributed by atoms with Gasteiger partial charge < -0.3 is 0 Å². The summed E-state index contributed by atoms with van der Waals surface area (Å²) in [5.41, 5.74) is 1.02. The van der Waals surface area contributed by atoms with Crippen LogP contribution in [0.2, 0.25) is 0 Å². The molecule has 0 bridgehead atoms. The highest BCUT2D eigenvalue weighted by Gasteiger charge is 2.42. The van der Waals surface area contributed by atoms with Crippen LogP contribution in [0.1, 0.15) is 46.4 Å². The molecule has 1 aromatic carbocycles. The first kappa shape index (κ1) is 12.0. The Bertz CT molecular complexity index is 550. The molecule has 1 fully saturated rings. The first-order valence-electron chi connectivity index (χ1n) is 6.67. The van der Waals surface area contributed by atoms with Crippen LogP contribution in [0.4, 0.5) is 0 Å². The van der Waals surface area contributed by atoms with Gasteiger partial charge in [0.25, 0.3) is 11.8 Å². The summed E-state index contributed by atoms with van der Waals surface area (Å²) in [5.74, 6) is 2.37. The van der Waals surface area contributed by atoms with Gasteiger partial charge in [0.05, 0.1) is 17.2 Å². The first-order chi connectivity index (χ1) is 9.24. The van der Waals surface area contributed by atoms with Gasteiger partial charge in [0.15, 0.2) is 0 Å². The van der Waals surface area contributed by atoms with Crippen LogP contribution in [0.25, 0.3) is 0 Å². The van der Waals surface area contributed by atoms with Gasteiger partial charge in [-0.1, -0.05) is 25.0 Å². The molecule has 0 radical (unpaired) electrons. The van der Waals surface area contributed by atoms with Crippen LogP contribution in [0.5, 0.6) is 0 Å². The zero-order valence-electron chi connectivity index (χ0n) is 10.6. The van der Waals surface area contributed by atoms with Gasteiger partial charge in [-0.05, 0) is 25.0 Å². The molecule has 0 aromatic heterocycles. The molecule has 3 heteroatoms. The Morgan fingerprint density at radius 1 is 1.05 bits per heavy atom. The molecule has 96 valence electrons. The maximum Gasteiger partial charge on any atom is 0.261 e. The molecule has 0 saturated heterocycles. The largest absolute Gasteiger partial charge is 0.270 e. The summed E-state index contributed by atoms with van der Waals surface area (Å²) in [4.78, 5) is 26.2. The van der Waals surface area contributed by atoms with Crippen LogP contribution < -0.4 is 0 Å². The van der Waals surface area contributed by atoms with Gasteiger partial charge in [-0.3, -0.25) is 14.5 Å². The number of nitrogens with zero attached hydrogens (tertiary/aromatic N) is 1. The normalized spacial score (nSPS) is 26.2. The van der Waals surface area contributed by atoms with E-state index in [0.717, 1.165) is 25.7 Å². The van der Waals surface area contributed by atoms with E-state index in [0.29, 0.717) is 11.1 Å². The van der Waals surface area contributed by atoms with Crippen molar-refractivity contribution >= 4 is 11.8 Å². The van der Waals surface area contributed by atoms with Gasteiger partial charge in [-0.15, -0.1) is 12.3 Å². The highest BCUT2D eigenvalue weighted by atomic mass is 16.2. The molecule has 1 aliphatic carbocycles. The quantitative estimate of drug-likeness (QED) is 0.569. The van der Waals surface area contributed by atoms with E-state index in [1.807, 2.05) is 0 Å². The predicted molar refractivity (Wildman–Crippen MR) is 71.5 cm³/mol. The van der Waals surface area contributed by atoms with Gasteiger partial charge >= 0.3 is 0 Å². The summed E-state index contributed by atoms with van der Waals surface area (Å²) in [6.45, 7) is 0. The standard InChI is InChI=1S/C16H15NO2/c1-2-11-7-3-6-10-14(11)17-15(18)12-8-4-5-9-13(12)16(17)19/h1,4-5,8-9,11,14H,3,6-7,10H2/t11-,14+/m0/s1. The van der Waals surface area contributed by atoms with Gasteiger partial charge in [-0.2, -0.15) is 0 Å². The number of hydrogen-bond acceptors (Lipinski definition) is 2. The predicted octanol–water partition coefficient (Wildman–Crippen LogP) is 2.47. The molecule has 2 atom stereocenters. The minimum absolute atomic E-state index is 0.00374. The van der Waals surface area contributed by atoms with Gasteiger partial charge in [0, 0.05) is 5.92 Å². The fourth-order valence-electron chi connectivity index (χ4n) is 3.12. The van der Waals surface area contributed by atoms with Crippen LogP contribution in [0.3, 0.4) is 0 Å². The van der Waals surface area contributed by atoms with E-state index in [9.17, 15) is 9.59 Å². The minimum atomic E-state index is -0.187. The highest BCUT2D eigenvalue weighted by molar-refractivity contribution is 6.21. The summed E-state index contributed by atoms with van der Waals surface area (Å²) in [6, 6.07) is 6.86. The van der Waals surface area contributed by atoms with Gasteiger partial charge in [0.2, 0.25) is 0 Å². The Morgan fingerprint density at radius 2 is 1.63 bits per heavy atom. The molecule has 1 aromatic rings. The zero-order valence-corrected chi connectivity index (χ0v) is 10.6. The van der Waals surface area contributed by atoms with Crippen LogP contribution in [0.15, 0.2) is 24.3 Å². The van der Waals surface area contributed by atoms with Crippen molar-refractivity contribution in [3.8, 4) is 12.3 Å². The van der Waals surface area contributed by atoms with E-state index in [-0.39, 0.29) is 23.8 Å². The minimum Gasteiger partial charge on any atom is -0.270 e. The average Bonchev–Trinajstić information content (AvgIpc) is 2.71. The maximum absolute atomic E-state index is 12.4. The SMILES string of the molecule is C#C[C@H]1CCCC[C@H]1N1C(=O)c2ccccc2C1=O. The molecule has 0 spiro atoms. The van der Waals surface area contributed by atoms with Crippen molar-refractivity contribution in [2.24, 2.45) is 5.92 Å². The molecule has 1 heterocycles. The Hall–Kier alpha value is -2.08. The lowest BCUT2D eigenvalue weighted by Gasteiger charge is -2.34. The number of imide groups is 1. The second-order valence-electron chi connectivity index (χ2n) is 5.15. The topological polar surface area (TPSA) is 37.4 Å². The number of rotatable bonds is 1. The monoisotopic (exact) mass is 253 g/mol. The average molecular weight is 253 g/mol. The molecular formula is C16H15NO2. The van der Waals surface area contributed by atoms with Gasteiger partial charge in [0.1, 0.15) is 0 Å². The van der Waals surface area contributed by atoms with Crippen LogP contribution >= 0.6 is 0 Å². The Labute approximate surface area is 112 Å². The maximum atomic E-state index is 12.4. The molecule has 0 N–H and O–H groups in total. The summed E-state index contributed by atoms with van der Waals surface area (Å²) in [6.07, 6.45) is 9.38. The van der Waals surface area contributed by atoms with E-state index >= 15 is 0 Å². The fourth-order valence-corrected chi connectivity index (χ4v) is 3.12. The number of benzene rings is 1. The summed E-state index contributed by atoms with van der Waals surface area (Å²) in [5, 5.41) is 0. The molecule has 1 saturated carbocycles. The molecule has 1 aliphatic heterocycles. The number of amides is 2.